The molecule has 0 aliphatic carbocycles. The van der Waals surface area contributed by atoms with Gasteiger partial charge in [-0.3, -0.25) is 4.90 Å². The molecule has 2 aromatic carbocycles. The zero-order chi connectivity index (χ0) is 15.4. The molecule has 0 spiro atoms. The van der Waals surface area contributed by atoms with Crippen molar-refractivity contribution in [3.63, 3.8) is 0 Å². The Labute approximate surface area is 132 Å². The van der Waals surface area contributed by atoms with Gasteiger partial charge in [0.2, 0.25) is 0 Å². The maximum atomic E-state index is 10.3. The molecule has 1 heterocycles. The van der Waals surface area contributed by atoms with Crippen molar-refractivity contribution < 1.29 is 5.11 Å². The highest BCUT2D eigenvalue weighted by atomic mass is 16.3. The standard InChI is InChI=1S/C19H24N2O/c1-15-7-5-6-10-17(15)20-18-14-21(12-11-19(18)22)13-16-8-3-2-4-9-16/h2-10,18-20,22H,11-14H2,1H3/t18-,19-/m1/s1. The first-order chi connectivity index (χ1) is 10.7. The summed E-state index contributed by atoms with van der Waals surface area (Å²) in [4.78, 5) is 2.41. The van der Waals surface area contributed by atoms with Gasteiger partial charge in [-0.2, -0.15) is 0 Å². The highest BCUT2D eigenvalue weighted by molar-refractivity contribution is 5.51. The zero-order valence-electron chi connectivity index (χ0n) is 13.1. The fraction of sp³-hybridized carbons (Fsp3) is 0.368. The summed E-state index contributed by atoms with van der Waals surface area (Å²) in [7, 11) is 0. The summed E-state index contributed by atoms with van der Waals surface area (Å²) in [5, 5.41) is 13.8. The van der Waals surface area contributed by atoms with Crippen molar-refractivity contribution in [2.24, 2.45) is 0 Å². The maximum Gasteiger partial charge on any atom is 0.0765 e. The number of para-hydroxylation sites is 1. The molecule has 1 aliphatic rings. The van der Waals surface area contributed by atoms with Crippen LogP contribution in [-0.2, 0) is 6.54 Å². The summed E-state index contributed by atoms with van der Waals surface area (Å²) in [5.41, 5.74) is 3.66. The van der Waals surface area contributed by atoms with E-state index in [4.69, 9.17) is 0 Å². The number of nitrogens with zero attached hydrogens (tertiary/aromatic N) is 1. The Balaban J connectivity index is 1.65. The van der Waals surface area contributed by atoms with Crippen LogP contribution in [0.1, 0.15) is 17.5 Å². The Hall–Kier alpha value is -1.84. The van der Waals surface area contributed by atoms with Gasteiger partial charge in [0.15, 0.2) is 0 Å². The largest absolute Gasteiger partial charge is 0.391 e. The van der Waals surface area contributed by atoms with Gasteiger partial charge in [0.25, 0.3) is 0 Å². The van der Waals surface area contributed by atoms with Gasteiger partial charge >= 0.3 is 0 Å². The minimum Gasteiger partial charge on any atom is -0.391 e. The molecular weight excluding hydrogens is 272 g/mol. The van der Waals surface area contributed by atoms with Crippen molar-refractivity contribution in [1.29, 1.82) is 0 Å². The number of anilines is 1. The molecule has 1 saturated heterocycles. The number of hydrogen-bond donors (Lipinski definition) is 2. The number of likely N-dealkylation sites (tertiary alicyclic amines) is 1. The van der Waals surface area contributed by atoms with Crippen LogP contribution in [0.5, 0.6) is 0 Å². The Morgan fingerprint density at radius 2 is 1.82 bits per heavy atom. The van der Waals surface area contributed by atoms with Crippen LogP contribution < -0.4 is 5.32 Å². The number of benzene rings is 2. The predicted molar refractivity (Wildman–Crippen MR) is 90.9 cm³/mol. The lowest BCUT2D eigenvalue weighted by Crippen LogP contribution is -2.50. The van der Waals surface area contributed by atoms with E-state index in [1.54, 1.807) is 0 Å². The molecule has 2 N–H and O–H groups in total. The van der Waals surface area contributed by atoms with Crippen LogP contribution in [0, 0.1) is 6.92 Å². The number of aliphatic hydroxyl groups excluding tert-OH is 1. The lowest BCUT2D eigenvalue weighted by atomic mass is 10.0. The van der Waals surface area contributed by atoms with Gasteiger partial charge in [0, 0.05) is 25.3 Å². The molecule has 0 radical (unpaired) electrons. The van der Waals surface area contributed by atoms with Crippen LogP contribution >= 0.6 is 0 Å². The van der Waals surface area contributed by atoms with Crippen molar-refractivity contribution in [1.82, 2.24) is 4.90 Å². The van der Waals surface area contributed by atoms with E-state index in [-0.39, 0.29) is 12.1 Å². The fourth-order valence-corrected chi connectivity index (χ4v) is 3.07. The summed E-state index contributed by atoms with van der Waals surface area (Å²) >= 11 is 0. The third-order valence-corrected chi connectivity index (χ3v) is 4.40. The van der Waals surface area contributed by atoms with Crippen LogP contribution in [0.15, 0.2) is 54.6 Å². The second kappa shape index (κ2) is 6.95. The average molecular weight is 296 g/mol. The number of aryl methyl sites for hydroxylation is 1. The minimum absolute atomic E-state index is 0.0820. The third kappa shape index (κ3) is 3.67. The van der Waals surface area contributed by atoms with Gasteiger partial charge in [-0.15, -0.1) is 0 Å². The van der Waals surface area contributed by atoms with Crippen molar-refractivity contribution in [2.75, 3.05) is 18.4 Å². The molecule has 0 amide bonds. The first-order valence-electron chi connectivity index (χ1n) is 7.99. The molecule has 116 valence electrons. The first-order valence-corrected chi connectivity index (χ1v) is 7.99. The molecule has 0 aromatic heterocycles. The van der Waals surface area contributed by atoms with E-state index in [0.29, 0.717) is 0 Å². The number of rotatable bonds is 4. The molecule has 22 heavy (non-hydrogen) atoms. The summed E-state index contributed by atoms with van der Waals surface area (Å²) in [5.74, 6) is 0. The van der Waals surface area contributed by atoms with E-state index in [1.807, 2.05) is 18.2 Å². The molecular formula is C19H24N2O. The van der Waals surface area contributed by atoms with Crippen molar-refractivity contribution in [2.45, 2.75) is 32.0 Å². The molecule has 3 rings (SSSR count). The summed E-state index contributed by atoms with van der Waals surface area (Å²) in [6.45, 7) is 4.85. The fourth-order valence-electron chi connectivity index (χ4n) is 3.07. The highest BCUT2D eigenvalue weighted by Gasteiger charge is 2.27. The minimum atomic E-state index is -0.286. The number of aliphatic hydroxyl groups is 1. The van der Waals surface area contributed by atoms with E-state index in [0.717, 1.165) is 31.7 Å². The second-order valence-corrected chi connectivity index (χ2v) is 6.14. The van der Waals surface area contributed by atoms with E-state index < -0.39 is 0 Å². The average Bonchev–Trinajstić information content (AvgIpc) is 2.54. The Bertz CT molecular complexity index is 599. The molecule has 1 aliphatic heterocycles. The summed E-state index contributed by atoms with van der Waals surface area (Å²) < 4.78 is 0. The molecule has 2 aromatic rings. The summed E-state index contributed by atoms with van der Waals surface area (Å²) in [6.07, 6.45) is 0.530. The maximum absolute atomic E-state index is 10.3. The van der Waals surface area contributed by atoms with E-state index in [2.05, 4.69) is 53.5 Å². The first kappa shape index (κ1) is 15.1. The van der Waals surface area contributed by atoms with E-state index >= 15 is 0 Å². The highest BCUT2D eigenvalue weighted by Crippen LogP contribution is 2.20. The zero-order valence-corrected chi connectivity index (χ0v) is 13.1. The summed E-state index contributed by atoms with van der Waals surface area (Å²) in [6, 6.07) is 18.9. The number of hydrogen-bond acceptors (Lipinski definition) is 3. The second-order valence-electron chi connectivity index (χ2n) is 6.14. The van der Waals surface area contributed by atoms with Crippen LogP contribution in [0.3, 0.4) is 0 Å². The SMILES string of the molecule is Cc1ccccc1N[C@@H]1CN(Cc2ccccc2)CC[C@H]1O. The third-order valence-electron chi connectivity index (χ3n) is 4.40. The molecule has 2 atom stereocenters. The molecule has 0 bridgehead atoms. The quantitative estimate of drug-likeness (QED) is 0.910. The Morgan fingerprint density at radius 3 is 2.59 bits per heavy atom. The van der Waals surface area contributed by atoms with E-state index in [9.17, 15) is 5.11 Å². The van der Waals surface area contributed by atoms with Crippen LogP contribution in [0.25, 0.3) is 0 Å². The Morgan fingerprint density at radius 1 is 1.09 bits per heavy atom. The smallest absolute Gasteiger partial charge is 0.0765 e. The number of nitrogens with one attached hydrogen (secondary N) is 1. The van der Waals surface area contributed by atoms with Gasteiger partial charge in [-0.1, -0.05) is 48.5 Å². The van der Waals surface area contributed by atoms with Crippen molar-refractivity contribution in [3.05, 3.63) is 65.7 Å². The van der Waals surface area contributed by atoms with Gasteiger partial charge in [0.1, 0.15) is 0 Å². The van der Waals surface area contributed by atoms with Crippen LogP contribution in [-0.4, -0.2) is 35.2 Å². The predicted octanol–water partition coefficient (Wildman–Crippen LogP) is 3.04. The number of piperidine rings is 1. The van der Waals surface area contributed by atoms with Gasteiger partial charge in [-0.25, -0.2) is 0 Å². The van der Waals surface area contributed by atoms with Gasteiger partial charge in [0.05, 0.1) is 12.1 Å². The van der Waals surface area contributed by atoms with Gasteiger partial charge in [-0.05, 0) is 30.5 Å². The molecule has 0 saturated carbocycles. The lowest BCUT2D eigenvalue weighted by molar-refractivity contribution is 0.0666. The van der Waals surface area contributed by atoms with Crippen LogP contribution in [0.4, 0.5) is 5.69 Å². The van der Waals surface area contributed by atoms with Crippen LogP contribution in [0.2, 0.25) is 0 Å². The molecule has 0 unspecified atom stereocenters. The Kier molecular flexibility index (Phi) is 4.76. The lowest BCUT2D eigenvalue weighted by Gasteiger charge is -2.37. The van der Waals surface area contributed by atoms with Crippen molar-refractivity contribution >= 4 is 5.69 Å². The monoisotopic (exact) mass is 296 g/mol. The van der Waals surface area contributed by atoms with E-state index in [1.165, 1.54) is 11.1 Å². The molecule has 3 nitrogen and oxygen atoms in total. The molecule has 1 fully saturated rings. The topological polar surface area (TPSA) is 35.5 Å². The van der Waals surface area contributed by atoms with Gasteiger partial charge < -0.3 is 10.4 Å². The van der Waals surface area contributed by atoms with Crippen molar-refractivity contribution in [3.8, 4) is 0 Å². The normalized spacial score (nSPS) is 22.5. The molecule has 3 heteroatoms.